The molecule has 0 spiro atoms. The van der Waals surface area contributed by atoms with Crippen LogP contribution in [0.4, 0.5) is 0 Å². The molecule has 0 heterocycles. The second-order valence-electron chi connectivity index (χ2n) is 2.43. The highest BCUT2D eigenvalue weighted by molar-refractivity contribution is 9.10. The SMILES string of the molecule is N[C@H](CO)c1cccc(Cl)c1Br. The van der Waals surface area contributed by atoms with Crippen molar-refractivity contribution < 1.29 is 5.11 Å². The monoisotopic (exact) mass is 249 g/mol. The van der Waals surface area contributed by atoms with E-state index in [0.29, 0.717) is 5.02 Å². The summed E-state index contributed by atoms with van der Waals surface area (Å²) in [6, 6.07) is 5.02. The van der Waals surface area contributed by atoms with Crippen molar-refractivity contribution in [1.29, 1.82) is 0 Å². The van der Waals surface area contributed by atoms with E-state index < -0.39 is 0 Å². The molecule has 0 saturated carbocycles. The number of nitrogens with two attached hydrogens (primary N) is 1. The quantitative estimate of drug-likeness (QED) is 0.844. The number of hydrogen-bond acceptors (Lipinski definition) is 2. The third kappa shape index (κ3) is 1.98. The lowest BCUT2D eigenvalue weighted by Gasteiger charge is -2.11. The van der Waals surface area contributed by atoms with Gasteiger partial charge in [0.25, 0.3) is 0 Å². The number of hydrogen-bond donors (Lipinski definition) is 2. The molecule has 4 heteroatoms. The highest BCUT2D eigenvalue weighted by Gasteiger charge is 2.09. The molecule has 1 rings (SSSR count). The van der Waals surface area contributed by atoms with Gasteiger partial charge in [-0.15, -0.1) is 0 Å². The maximum atomic E-state index is 8.81. The molecule has 0 amide bonds. The highest BCUT2D eigenvalue weighted by atomic mass is 79.9. The standard InChI is InChI=1S/C8H9BrClNO/c9-8-5(7(11)4-12)2-1-3-6(8)10/h1-3,7,12H,4,11H2/t7-/m1/s1. The Morgan fingerprint density at radius 2 is 2.25 bits per heavy atom. The maximum Gasteiger partial charge on any atom is 0.0624 e. The van der Waals surface area contributed by atoms with Gasteiger partial charge in [-0.25, -0.2) is 0 Å². The van der Waals surface area contributed by atoms with Crippen LogP contribution in [0.5, 0.6) is 0 Å². The third-order valence-electron chi connectivity index (χ3n) is 1.58. The van der Waals surface area contributed by atoms with Crippen molar-refractivity contribution in [2.45, 2.75) is 6.04 Å². The summed E-state index contributed by atoms with van der Waals surface area (Å²) in [5, 5.41) is 9.42. The van der Waals surface area contributed by atoms with Crippen LogP contribution >= 0.6 is 27.5 Å². The minimum atomic E-state index is -0.377. The summed E-state index contributed by atoms with van der Waals surface area (Å²) < 4.78 is 0.758. The molecule has 1 aromatic carbocycles. The molecule has 0 radical (unpaired) electrons. The first-order valence-electron chi connectivity index (χ1n) is 3.47. The normalized spacial score (nSPS) is 13.0. The third-order valence-corrected chi connectivity index (χ3v) is 3.01. The van der Waals surface area contributed by atoms with Crippen LogP contribution in [0.25, 0.3) is 0 Å². The Morgan fingerprint density at radius 1 is 1.58 bits per heavy atom. The van der Waals surface area contributed by atoms with E-state index in [1.54, 1.807) is 12.1 Å². The van der Waals surface area contributed by atoms with Crippen LogP contribution in [-0.2, 0) is 0 Å². The molecule has 0 unspecified atom stereocenters. The van der Waals surface area contributed by atoms with E-state index in [9.17, 15) is 0 Å². The molecule has 0 aromatic heterocycles. The zero-order valence-corrected chi connectivity index (χ0v) is 8.64. The molecule has 0 saturated heterocycles. The fraction of sp³-hybridized carbons (Fsp3) is 0.250. The summed E-state index contributed by atoms with van der Waals surface area (Å²) in [6.07, 6.45) is 0. The molecule has 0 fully saturated rings. The summed E-state index contributed by atoms with van der Waals surface area (Å²) in [5.74, 6) is 0. The molecule has 66 valence electrons. The lowest BCUT2D eigenvalue weighted by atomic mass is 10.1. The second kappa shape index (κ2) is 4.23. The van der Waals surface area contributed by atoms with E-state index >= 15 is 0 Å². The number of halogens is 2. The molecule has 0 bridgehead atoms. The first-order valence-corrected chi connectivity index (χ1v) is 4.64. The van der Waals surface area contributed by atoms with Crippen LogP contribution < -0.4 is 5.73 Å². The molecule has 0 aliphatic heterocycles. The van der Waals surface area contributed by atoms with Gasteiger partial charge in [0.15, 0.2) is 0 Å². The molecular formula is C8H9BrClNO. The van der Waals surface area contributed by atoms with Gasteiger partial charge >= 0.3 is 0 Å². The Bertz CT molecular complexity index is 280. The Labute approximate surface area is 84.5 Å². The number of aliphatic hydroxyl groups is 1. The van der Waals surface area contributed by atoms with Gasteiger partial charge in [0, 0.05) is 4.47 Å². The molecule has 0 aliphatic rings. The van der Waals surface area contributed by atoms with E-state index in [0.717, 1.165) is 10.0 Å². The largest absolute Gasteiger partial charge is 0.394 e. The van der Waals surface area contributed by atoms with Crippen LogP contribution in [0, 0.1) is 0 Å². The van der Waals surface area contributed by atoms with Crippen molar-refractivity contribution in [1.82, 2.24) is 0 Å². The van der Waals surface area contributed by atoms with E-state index in [-0.39, 0.29) is 12.6 Å². The predicted octanol–water partition coefficient (Wildman–Crippen LogP) is 2.09. The molecule has 0 aliphatic carbocycles. The molecular weight excluding hydrogens is 241 g/mol. The fourth-order valence-electron chi connectivity index (χ4n) is 0.905. The van der Waals surface area contributed by atoms with Crippen molar-refractivity contribution in [3.05, 3.63) is 33.3 Å². The highest BCUT2D eigenvalue weighted by Crippen LogP contribution is 2.29. The van der Waals surface area contributed by atoms with E-state index in [4.69, 9.17) is 22.4 Å². The van der Waals surface area contributed by atoms with Crippen molar-refractivity contribution in [2.24, 2.45) is 5.73 Å². The van der Waals surface area contributed by atoms with Gasteiger partial charge in [-0.05, 0) is 27.6 Å². The zero-order valence-electron chi connectivity index (χ0n) is 6.30. The van der Waals surface area contributed by atoms with Gasteiger partial charge in [0.1, 0.15) is 0 Å². The number of rotatable bonds is 2. The molecule has 3 N–H and O–H groups in total. The van der Waals surface area contributed by atoms with E-state index in [1.807, 2.05) is 6.07 Å². The lowest BCUT2D eigenvalue weighted by Crippen LogP contribution is -2.14. The smallest absolute Gasteiger partial charge is 0.0624 e. The summed E-state index contributed by atoms with van der Waals surface area (Å²) in [4.78, 5) is 0. The minimum Gasteiger partial charge on any atom is -0.394 e. The summed E-state index contributed by atoms with van der Waals surface area (Å²) in [6.45, 7) is -0.0844. The van der Waals surface area contributed by atoms with Crippen LogP contribution in [0.15, 0.2) is 22.7 Å². The lowest BCUT2D eigenvalue weighted by molar-refractivity contribution is 0.267. The van der Waals surface area contributed by atoms with Crippen molar-refractivity contribution in [2.75, 3.05) is 6.61 Å². The van der Waals surface area contributed by atoms with Gasteiger partial charge in [-0.1, -0.05) is 23.7 Å². The van der Waals surface area contributed by atoms with Crippen LogP contribution in [-0.4, -0.2) is 11.7 Å². The van der Waals surface area contributed by atoms with Crippen molar-refractivity contribution in [3.63, 3.8) is 0 Å². The van der Waals surface area contributed by atoms with Crippen molar-refractivity contribution in [3.8, 4) is 0 Å². The molecule has 1 atom stereocenters. The van der Waals surface area contributed by atoms with Crippen molar-refractivity contribution >= 4 is 27.5 Å². The van der Waals surface area contributed by atoms with E-state index in [1.165, 1.54) is 0 Å². The van der Waals surface area contributed by atoms with Crippen LogP contribution in [0.1, 0.15) is 11.6 Å². The molecule has 1 aromatic rings. The van der Waals surface area contributed by atoms with Gasteiger partial charge in [0.2, 0.25) is 0 Å². The number of benzene rings is 1. The topological polar surface area (TPSA) is 46.2 Å². The van der Waals surface area contributed by atoms with Gasteiger partial charge in [-0.2, -0.15) is 0 Å². The van der Waals surface area contributed by atoms with Crippen LogP contribution in [0.2, 0.25) is 5.02 Å². The molecule has 2 nitrogen and oxygen atoms in total. The maximum absolute atomic E-state index is 8.81. The Balaban J connectivity index is 3.07. The van der Waals surface area contributed by atoms with Gasteiger partial charge in [-0.3, -0.25) is 0 Å². The minimum absolute atomic E-state index is 0.0844. The van der Waals surface area contributed by atoms with Gasteiger partial charge in [0.05, 0.1) is 17.7 Å². The molecule has 12 heavy (non-hydrogen) atoms. The average molecular weight is 251 g/mol. The summed E-state index contributed by atoms with van der Waals surface area (Å²) >= 11 is 9.13. The average Bonchev–Trinajstić information content (AvgIpc) is 2.08. The first-order chi connectivity index (χ1) is 5.66. The fourth-order valence-corrected chi connectivity index (χ4v) is 1.65. The first kappa shape index (κ1) is 9.99. The van der Waals surface area contributed by atoms with Crippen LogP contribution in [0.3, 0.4) is 0 Å². The Morgan fingerprint density at radius 3 is 2.83 bits per heavy atom. The Kier molecular flexibility index (Phi) is 3.53. The second-order valence-corrected chi connectivity index (χ2v) is 3.63. The van der Waals surface area contributed by atoms with Gasteiger partial charge < -0.3 is 10.8 Å². The number of aliphatic hydroxyl groups excluding tert-OH is 1. The van der Waals surface area contributed by atoms with E-state index in [2.05, 4.69) is 15.9 Å². The zero-order chi connectivity index (χ0) is 9.14. The summed E-state index contributed by atoms with van der Waals surface area (Å²) in [7, 11) is 0. The predicted molar refractivity (Wildman–Crippen MR) is 53.2 cm³/mol. The summed E-state index contributed by atoms with van der Waals surface area (Å²) in [5.41, 5.74) is 6.45. The Hall–Kier alpha value is -0.0900.